The van der Waals surface area contributed by atoms with E-state index < -0.39 is 4.92 Å². The molecule has 0 bridgehead atoms. The molecule has 0 N–H and O–H groups in total. The summed E-state index contributed by atoms with van der Waals surface area (Å²) in [6, 6.07) is 12.6. The number of non-ortho nitro benzene ring substituents is 1. The van der Waals surface area contributed by atoms with Crippen LogP contribution >= 0.6 is 0 Å². The first-order chi connectivity index (χ1) is 10.7. The van der Waals surface area contributed by atoms with Gasteiger partial charge < -0.3 is 4.74 Å². The number of hydrogen-bond donors (Lipinski definition) is 0. The first kappa shape index (κ1) is 14.0. The third kappa shape index (κ3) is 2.61. The second-order valence-electron chi connectivity index (χ2n) is 4.86. The minimum Gasteiger partial charge on any atom is -0.457 e. The van der Waals surface area contributed by atoms with Crippen molar-refractivity contribution in [2.45, 2.75) is 13.3 Å². The van der Waals surface area contributed by atoms with Crippen LogP contribution in [0.2, 0.25) is 0 Å². The van der Waals surface area contributed by atoms with Crippen molar-refractivity contribution in [3.05, 3.63) is 70.5 Å². The van der Waals surface area contributed by atoms with Crippen molar-refractivity contribution < 1.29 is 9.66 Å². The molecule has 1 heterocycles. The van der Waals surface area contributed by atoms with Crippen LogP contribution in [0.15, 0.2) is 54.9 Å². The Hall–Kier alpha value is -2.95. The number of nitro groups is 1. The normalized spacial score (nSPS) is 10.6. The number of nitro benzene ring substituents is 1. The van der Waals surface area contributed by atoms with Gasteiger partial charge in [0.25, 0.3) is 5.69 Å². The van der Waals surface area contributed by atoms with E-state index in [2.05, 4.69) is 11.9 Å². The standard InChI is InChI=1S/C17H14N2O3/c1-2-12-4-3-5-13(10-12)22-17-7-6-16(19(20)21)15-11-18-9-8-14(15)17/h3-11H,2H2,1H3. The van der Waals surface area contributed by atoms with Gasteiger partial charge in [-0.25, -0.2) is 0 Å². The monoisotopic (exact) mass is 294 g/mol. The summed E-state index contributed by atoms with van der Waals surface area (Å²) in [6.07, 6.45) is 4.01. The first-order valence-electron chi connectivity index (χ1n) is 6.97. The van der Waals surface area contributed by atoms with Gasteiger partial charge in [-0.1, -0.05) is 19.1 Å². The lowest BCUT2D eigenvalue weighted by Gasteiger charge is -2.10. The fraction of sp³-hybridized carbons (Fsp3) is 0.118. The largest absolute Gasteiger partial charge is 0.457 e. The average molecular weight is 294 g/mol. The molecule has 0 aliphatic rings. The molecule has 0 spiro atoms. The molecule has 0 atom stereocenters. The van der Waals surface area contributed by atoms with Crippen LogP contribution in [0.1, 0.15) is 12.5 Å². The number of rotatable bonds is 4. The molecule has 5 heteroatoms. The lowest BCUT2D eigenvalue weighted by molar-refractivity contribution is -0.383. The van der Waals surface area contributed by atoms with Gasteiger partial charge in [-0.3, -0.25) is 15.1 Å². The zero-order chi connectivity index (χ0) is 15.5. The summed E-state index contributed by atoms with van der Waals surface area (Å²) in [5.74, 6) is 1.29. The Morgan fingerprint density at radius 3 is 2.82 bits per heavy atom. The maximum atomic E-state index is 11.1. The molecule has 0 aliphatic heterocycles. The molecule has 0 saturated heterocycles. The van der Waals surface area contributed by atoms with E-state index in [4.69, 9.17) is 4.74 Å². The van der Waals surface area contributed by atoms with Gasteiger partial charge in [-0.2, -0.15) is 0 Å². The zero-order valence-electron chi connectivity index (χ0n) is 12.0. The number of aryl methyl sites for hydroxylation is 1. The van der Waals surface area contributed by atoms with Crippen LogP contribution in [0.3, 0.4) is 0 Å². The lowest BCUT2D eigenvalue weighted by Crippen LogP contribution is -1.93. The molecule has 0 unspecified atom stereocenters. The fourth-order valence-corrected chi connectivity index (χ4v) is 2.35. The molecule has 1 aromatic heterocycles. The Kier molecular flexibility index (Phi) is 3.70. The van der Waals surface area contributed by atoms with Crippen LogP contribution in [0.4, 0.5) is 5.69 Å². The Balaban J connectivity index is 2.08. The number of hydrogen-bond acceptors (Lipinski definition) is 4. The number of benzene rings is 2. The highest BCUT2D eigenvalue weighted by molar-refractivity contribution is 5.94. The van der Waals surface area contributed by atoms with Crippen LogP contribution in [0, 0.1) is 10.1 Å². The van der Waals surface area contributed by atoms with Crippen LogP contribution < -0.4 is 4.74 Å². The highest BCUT2D eigenvalue weighted by atomic mass is 16.6. The maximum Gasteiger partial charge on any atom is 0.279 e. The van der Waals surface area contributed by atoms with Crippen LogP contribution in [-0.2, 0) is 6.42 Å². The molecular weight excluding hydrogens is 280 g/mol. The minimum atomic E-state index is -0.411. The van der Waals surface area contributed by atoms with E-state index in [0.717, 1.165) is 6.42 Å². The summed E-state index contributed by atoms with van der Waals surface area (Å²) in [5, 5.41) is 12.2. The summed E-state index contributed by atoms with van der Waals surface area (Å²) in [6.45, 7) is 2.08. The lowest BCUT2D eigenvalue weighted by atomic mass is 10.1. The highest BCUT2D eigenvalue weighted by Gasteiger charge is 2.15. The summed E-state index contributed by atoms with van der Waals surface area (Å²) < 4.78 is 5.92. The van der Waals surface area contributed by atoms with Crippen molar-refractivity contribution in [2.75, 3.05) is 0 Å². The average Bonchev–Trinajstić information content (AvgIpc) is 2.55. The highest BCUT2D eigenvalue weighted by Crippen LogP contribution is 2.34. The molecule has 0 fully saturated rings. The molecular formula is C17H14N2O3. The molecule has 0 saturated carbocycles. The summed E-state index contributed by atoms with van der Waals surface area (Å²) >= 11 is 0. The minimum absolute atomic E-state index is 0.0257. The Morgan fingerprint density at radius 2 is 2.05 bits per heavy atom. The van der Waals surface area contributed by atoms with Crippen molar-refractivity contribution in [3.63, 3.8) is 0 Å². The maximum absolute atomic E-state index is 11.1. The third-order valence-corrected chi connectivity index (χ3v) is 3.49. The topological polar surface area (TPSA) is 65.3 Å². The Labute approximate surface area is 127 Å². The molecule has 110 valence electrons. The molecule has 2 aromatic carbocycles. The summed E-state index contributed by atoms with van der Waals surface area (Å²) in [7, 11) is 0. The Bertz CT molecular complexity index is 846. The second-order valence-corrected chi connectivity index (χ2v) is 4.86. The van der Waals surface area contributed by atoms with Crippen LogP contribution in [-0.4, -0.2) is 9.91 Å². The van der Waals surface area contributed by atoms with Gasteiger partial charge in [0.1, 0.15) is 11.5 Å². The van der Waals surface area contributed by atoms with Crippen molar-refractivity contribution in [1.29, 1.82) is 0 Å². The van der Waals surface area contributed by atoms with Crippen LogP contribution in [0.5, 0.6) is 11.5 Å². The quantitative estimate of drug-likeness (QED) is 0.525. The summed E-state index contributed by atoms with van der Waals surface area (Å²) in [4.78, 5) is 14.7. The first-order valence-corrected chi connectivity index (χ1v) is 6.97. The predicted octanol–water partition coefficient (Wildman–Crippen LogP) is 4.50. The van der Waals surface area contributed by atoms with E-state index in [1.54, 1.807) is 18.3 Å². The van der Waals surface area contributed by atoms with Crippen molar-refractivity contribution in [2.24, 2.45) is 0 Å². The molecule has 0 radical (unpaired) electrons. The van der Waals surface area contributed by atoms with Crippen molar-refractivity contribution in [1.82, 2.24) is 4.98 Å². The van der Waals surface area contributed by atoms with Crippen molar-refractivity contribution >= 4 is 16.5 Å². The molecule has 0 aliphatic carbocycles. The molecule has 3 rings (SSSR count). The number of fused-ring (bicyclic) bond motifs is 1. The Morgan fingerprint density at radius 1 is 1.18 bits per heavy atom. The van der Waals surface area contributed by atoms with Gasteiger partial charge in [0.2, 0.25) is 0 Å². The summed E-state index contributed by atoms with van der Waals surface area (Å²) in [5.41, 5.74) is 1.20. The number of aromatic nitrogens is 1. The van der Waals surface area contributed by atoms with Gasteiger partial charge in [0.05, 0.1) is 10.3 Å². The van der Waals surface area contributed by atoms with E-state index in [0.29, 0.717) is 22.3 Å². The van der Waals surface area contributed by atoms with Gasteiger partial charge in [-0.05, 0) is 36.2 Å². The fourth-order valence-electron chi connectivity index (χ4n) is 2.35. The van der Waals surface area contributed by atoms with Crippen LogP contribution in [0.25, 0.3) is 10.8 Å². The van der Waals surface area contributed by atoms with Gasteiger partial charge in [0.15, 0.2) is 0 Å². The van der Waals surface area contributed by atoms with E-state index in [9.17, 15) is 10.1 Å². The predicted molar refractivity (Wildman–Crippen MR) is 84.3 cm³/mol. The molecule has 0 amide bonds. The molecule has 3 aromatic rings. The van der Waals surface area contributed by atoms with E-state index >= 15 is 0 Å². The van der Waals surface area contributed by atoms with Gasteiger partial charge >= 0.3 is 0 Å². The second kappa shape index (κ2) is 5.81. The SMILES string of the molecule is CCc1cccc(Oc2ccc([N+](=O)[O-])c3cnccc23)c1. The van der Waals surface area contributed by atoms with E-state index in [-0.39, 0.29) is 5.69 Å². The van der Waals surface area contributed by atoms with E-state index in [1.807, 2.05) is 24.3 Å². The number of ether oxygens (including phenoxy) is 1. The molecule has 22 heavy (non-hydrogen) atoms. The molecule has 5 nitrogen and oxygen atoms in total. The number of nitrogens with zero attached hydrogens (tertiary/aromatic N) is 2. The van der Waals surface area contributed by atoms with Gasteiger partial charge in [0, 0.05) is 23.8 Å². The number of pyridine rings is 1. The third-order valence-electron chi connectivity index (χ3n) is 3.49. The van der Waals surface area contributed by atoms with Crippen molar-refractivity contribution in [3.8, 4) is 11.5 Å². The van der Waals surface area contributed by atoms with Gasteiger partial charge in [-0.15, -0.1) is 0 Å². The zero-order valence-corrected chi connectivity index (χ0v) is 12.0. The smallest absolute Gasteiger partial charge is 0.279 e. The van der Waals surface area contributed by atoms with E-state index in [1.165, 1.54) is 17.8 Å².